The molecule has 0 bridgehead atoms. The van der Waals surface area contributed by atoms with Crippen LogP contribution in [0, 0.1) is 5.82 Å². The number of ether oxygens (including phenoxy) is 1. The van der Waals surface area contributed by atoms with Crippen molar-refractivity contribution in [3.63, 3.8) is 0 Å². The lowest BCUT2D eigenvalue weighted by Crippen LogP contribution is -2.20. The number of rotatable bonds is 6. The maximum absolute atomic E-state index is 13.7. The second-order valence-corrected chi connectivity index (χ2v) is 6.81. The van der Waals surface area contributed by atoms with E-state index in [1.165, 1.54) is 31.4 Å². The Labute approximate surface area is 124 Å². The van der Waals surface area contributed by atoms with Crippen LogP contribution in [-0.2, 0) is 14.8 Å². The van der Waals surface area contributed by atoms with E-state index in [9.17, 15) is 12.8 Å². The average Bonchev–Trinajstić information content (AvgIpc) is 2.45. The quantitative estimate of drug-likeness (QED) is 0.789. The Morgan fingerprint density at radius 2 is 2.00 bits per heavy atom. The van der Waals surface area contributed by atoms with Gasteiger partial charge < -0.3 is 10.1 Å². The van der Waals surface area contributed by atoms with Crippen molar-refractivity contribution in [1.82, 2.24) is 0 Å². The fourth-order valence-corrected chi connectivity index (χ4v) is 2.98. The third-order valence-electron chi connectivity index (χ3n) is 3.59. The first-order valence-corrected chi connectivity index (χ1v) is 8.69. The summed E-state index contributed by atoms with van der Waals surface area (Å²) in [6.45, 7) is 0.975. The van der Waals surface area contributed by atoms with Crippen molar-refractivity contribution in [2.45, 2.75) is 43.1 Å². The first-order chi connectivity index (χ1) is 9.97. The summed E-state index contributed by atoms with van der Waals surface area (Å²) in [4.78, 5) is -0.232. The lowest BCUT2D eigenvalue weighted by molar-refractivity contribution is 0.0347. The zero-order chi connectivity index (χ0) is 15.3. The van der Waals surface area contributed by atoms with Gasteiger partial charge in [-0.1, -0.05) is 19.3 Å². The van der Waals surface area contributed by atoms with E-state index >= 15 is 0 Å². The molecule has 1 aliphatic carbocycles. The lowest BCUT2D eigenvalue weighted by Gasteiger charge is -2.22. The molecule has 0 spiro atoms. The van der Waals surface area contributed by atoms with Crippen LogP contribution < -0.4 is 10.5 Å². The van der Waals surface area contributed by atoms with Crippen LogP contribution in [0.3, 0.4) is 0 Å². The molecule has 7 heteroatoms. The van der Waals surface area contributed by atoms with E-state index in [4.69, 9.17) is 9.88 Å². The number of hydrogen-bond donors (Lipinski definition) is 2. The van der Waals surface area contributed by atoms with Crippen molar-refractivity contribution in [3.05, 3.63) is 24.0 Å². The molecule has 0 amide bonds. The molecule has 0 aliphatic heterocycles. The summed E-state index contributed by atoms with van der Waals surface area (Å²) in [5, 5.41) is 7.84. The molecule has 0 aromatic heterocycles. The Balaban J connectivity index is 1.80. The summed E-state index contributed by atoms with van der Waals surface area (Å²) in [6, 6.07) is 3.57. The molecular weight excluding hydrogens is 295 g/mol. The van der Waals surface area contributed by atoms with Crippen molar-refractivity contribution in [2.24, 2.45) is 5.14 Å². The van der Waals surface area contributed by atoms with E-state index in [0.29, 0.717) is 19.3 Å². The molecule has 1 fully saturated rings. The number of nitrogens with one attached hydrogen (secondary N) is 1. The highest BCUT2D eigenvalue weighted by molar-refractivity contribution is 7.89. The van der Waals surface area contributed by atoms with Crippen molar-refractivity contribution >= 4 is 15.7 Å². The molecule has 21 heavy (non-hydrogen) atoms. The van der Waals surface area contributed by atoms with Crippen molar-refractivity contribution in [3.8, 4) is 0 Å². The third-order valence-corrected chi connectivity index (χ3v) is 4.50. The predicted molar refractivity (Wildman–Crippen MR) is 79.1 cm³/mol. The van der Waals surface area contributed by atoms with Crippen LogP contribution in [0.15, 0.2) is 23.1 Å². The van der Waals surface area contributed by atoms with E-state index in [-0.39, 0.29) is 10.6 Å². The van der Waals surface area contributed by atoms with Gasteiger partial charge in [-0.3, -0.25) is 0 Å². The van der Waals surface area contributed by atoms with Gasteiger partial charge in [0, 0.05) is 6.54 Å². The molecule has 2 rings (SSSR count). The van der Waals surface area contributed by atoms with Crippen LogP contribution in [0.5, 0.6) is 0 Å². The van der Waals surface area contributed by atoms with Crippen molar-refractivity contribution in [2.75, 3.05) is 18.5 Å². The third kappa shape index (κ3) is 4.94. The monoisotopic (exact) mass is 316 g/mol. The van der Waals surface area contributed by atoms with E-state index in [1.807, 2.05) is 0 Å². The van der Waals surface area contributed by atoms with Crippen LogP contribution >= 0.6 is 0 Å². The second-order valence-electron chi connectivity index (χ2n) is 5.24. The Morgan fingerprint density at radius 3 is 2.62 bits per heavy atom. The lowest BCUT2D eigenvalue weighted by atomic mass is 9.98. The van der Waals surface area contributed by atoms with Crippen LogP contribution in [0.1, 0.15) is 32.1 Å². The van der Waals surface area contributed by atoms with E-state index in [0.717, 1.165) is 18.9 Å². The number of sulfonamides is 1. The minimum Gasteiger partial charge on any atom is -0.380 e. The van der Waals surface area contributed by atoms with E-state index < -0.39 is 15.8 Å². The molecule has 1 aliphatic rings. The normalized spacial score (nSPS) is 16.9. The molecule has 5 nitrogen and oxygen atoms in total. The molecule has 0 unspecified atom stereocenters. The van der Waals surface area contributed by atoms with Gasteiger partial charge in [0.15, 0.2) is 0 Å². The molecule has 1 saturated carbocycles. The van der Waals surface area contributed by atoms with Crippen LogP contribution in [0.25, 0.3) is 0 Å². The summed E-state index contributed by atoms with van der Waals surface area (Å²) in [7, 11) is -3.87. The minimum atomic E-state index is -3.87. The van der Waals surface area contributed by atoms with Gasteiger partial charge in [0.2, 0.25) is 10.0 Å². The van der Waals surface area contributed by atoms with Crippen molar-refractivity contribution in [1.29, 1.82) is 0 Å². The summed E-state index contributed by atoms with van der Waals surface area (Å²) in [5.74, 6) is -0.640. The largest absolute Gasteiger partial charge is 0.380 e. The number of anilines is 1. The molecule has 0 heterocycles. The number of primary sulfonamides is 1. The number of benzene rings is 1. The number of halogens is 1. The highest BCUT2D eigenvalue weighted by Gasteiger charge is 2.14. The fraction of sp³-hybridized carbons (Fsp3) is 0.571. The molecule has 3 N–H and O–H groups in total. The predicted octanol–water partition coefficient (Wildman–Crippen LogP) is 2.23. The van der Waals surface area contributed by atoms with Crippen molar-refractivity contribution < 1.29 is 17.5 Å². The number of hydrogen-bond acceptors (Lipinski definition) is 4. The van der Waals surface area contributed by atoms with Gasteiger partial charge in [-0.15, -0.1) is 0 Å². The molecule has 0 atom stereocenters. The highest BCUT2D eigenvalue weighted by Crippen LogP contribution is 2.20. The molecule has 1 aromatic carbocycles. The SMILES string of the molecule is NS(=O)(=O)c1ccc(NCCOC2CCCCC2)c(F)c1. The van der Waals surface area contributed by atoms with Crippen LogP contribution in [0.2, 0.25) is 0 Å². The summed E-state index contributed by atoms with van der Waals surface area (Å²) in [6.07, 6.45) is 6.20. The van der Waals surface area contributed by atoms with Gasteiger partial charge in [0.25, 0.3) is 0 Å². The second kappa shape index (κ2) is 7.20. The zero-order valence-electron chi connectivity index (χ0n) is 11.8. The van der Waals surface area contributed by atoms with Crippen LogP contribution in [0.4, 0.5) is 10.1 Å². The Bertz CT molecular complexity index is 572. The highest BCUT2D eigenvalue weighted by atomic mass is 32.2. The summed E-state index contributed by atoms with van der Waals surface area (Å²) in [5.41, 5.74) is 0.245. The standard InChI is InChI=1S/C14H21FN2O3S/c15-13-10-12(21(16,18)19)6-7-14(13)17-8-9-20-11-4-2-1-3-5-11/h6-7,10-11,17H,1-5,8-9H2,(H2,16,18,19). The zero-order valence-corrected chi connectivity index (χ0v) is 12.7. The Kier molecular flexibility index (Phi) is 5.55. The molecule has 0 saturated heterocycles. The van der Waals surface area contributed by atoms with Gasteiger partial charge in [0.05, 0.1) is 23.3 Å². The van der Waals surface area contributed by atoms with Gasteiger partial charge >= 0.3 is 0 Å². The smallest absolute Gasteiger partial charge is 0.238 e. The fourth-order valence-electron chi connectivity index (χ4n) is 2.46. The Morgan fingerprint density at radius 1 is 1.29 bits per heavy atom. The minimum absolute atomic E-state index is 0.232. The van der Waals surface area contributed by atoms with Gasteiger partial charge in [-0.05, 0) is 31.0 Å². The summed E-state index contributed by atoms with van der Waals surface area (Å²) >= 11 is 0. The maximum atomic E-state index is 13.7. The van der Waals surface area contributed by atoms with Crippen LogP contribution in [-0.4, -0.2) is 27.7 Å². The molecule has 0 radical (unpaired) electrons. The van der Waals surface area contributed by atoms with E-state index in [2.05, 4.69) is 5.32 Å². The molecule has 118 valence electrons. The topological polar surface area (TPSA) is 81.4 Å². The van der Waals surface area contributed by atoms with Gasteiger partial charge in [-0.2, -0.15) is 0 Å². The molecule has 1 aromatic rings. The number of nitrogens with two attached hydrogens (primary N) is 1. The van der Waals surface area contributed by atoms with E-state index in [1.54, 1.807) is 0 Å². The van der Waals surface area contributed by atoms with Gasteiger partial charge in [-0.25, -0.2) is 17.9 Å². The summed E-state index contributed by atoms with van der Waals surface area (Å²) < 4.78 is 41.7. The maximum Gasteiger partial charge on any atom is 0.238 e. The van der Waals surface area contributed by atoms with Gasteiger partial charge in [0.1, 0.15) is 5.82 Å². The Hall–Kier alpha value is -1.18. The average molecular weight is 316 g/mol. The first-order valence-electron chi connectivity index (χ1n) is 7.14. The first kappa shape index (κ1) is 16.2. The molecular formula is C14H21FN2O3S.